The summed E-state index contributed by atoms with van der Waals surface area (Å²) < 4.78 is 19.1. The number of halogens is 2. The van der Waals surface area contributed by atoms with E-state index in [1.807, 2.05) is 31.2 Å². The van der Waals surface area contributed by atoms with E-state index in [2.05, 4.69) is 15.2 Å². The maximum Gasteiger partial charge on any atom is 0.258 e. The summed E-state index contributed by atoms with van der Waals surface area (Å²) in [6.45, 7) is 3.64. The Balaban J connectivity index is 1.55. The highest BCUT2D eigenvalue weighted by atomic mass is 35.5. The van der Waals surface area contributed by atoms with Crippen LogP contribution < -0.4 is 15.0 Å². The molecule has 2 heterocycles. The maximum absolute atomic E-state index is 13.4. The summed E-state index contributed by atoms with van der Waals surface area (Å²) in [7, 11) is 0. The van der Waals surface area contributed by atoms with Crippen LogP contribution in [0.5, 0.6) is 5.88 Å². The second-order valence-electron chi connectivity index (χ2n) is 7.18. The quantitative estimate of drug-likeness (QED) is 0.639. The Morgan fingerprint density at radius 2 is 2.03 bits per heavy atom. The summed E-state index contributed by atoms with van der Waals surface area (Å²) in [5.74, 6) is 0.233. The summed E-state index contributed by atoms with van der Waals surface area (Å²) >= 11 is 5.82. The monoisotopic (exact) mass is 428 g/mol. The van der Waals surface area contributed by atoms with Crippen molar-refractivity contribution < 1.29 is 13.9 Å². The first-order valence-electron chi connectivity index (χ1n) is 9.95. The van der Waals surface area contributed by atoms with E-state index in [0.29, 0.717) is 30.5 Å². The number of nitrogens with one attached hydrogen (secondary N) is 1. The molecule has 1 fully saturated rings. The lowest BCUT2D eigenvalue weighted by atomic mass is 9.97. The van der Waals surface area contributed by atoms with Gasteiger partial charge >= 0.3 is 0 Å². The predicted molar refractivity (Wildman–Crippen MR) is 116 cm³/mol. The normalized spacial score (nSPS) is 16.5. The van der Waals surface area contributed by atoms with Gasteiger partial charge in [-0.3, -0.25) is 4.79 Å². The number of para-hydroxylation sites is 2. The SMILES string of the molecule is CCOc1nc2ccccc2nc1N1CCCC(C(=O)Nc2ccc(F)c(Cl)c2)C1. The van der Waals surface area contributed by atoms with Crippen molar-refractivity contribution in [3.63, 3.8) is 0 Å². The molecule has 1 N–H and O–H groups in total. The number of rotatable bonds is 5. The lowest BCUT2D eigenvalue weighted by Gasteiger charge is -2.33. The minimum Gasteiger partial charge on any atom is -0.475 e. The zero-order chi connectivity index (χ0) is 21.1. The van der Waals surface area contributed by atoms with Crippen molar-refractivity contribution in [2.45, 2.75) is 19.8 Å². The average Bonchev–Trinajstić information content (AvgIpc) is 2.76. The molecule has 30 heavy (non-hydrogen) atoms. The molecule has 1 amide bonds. The van der Waals surface area contributed by atoms with Gasteiger partial charge in [-0.1, -0.05) is 23.7 Å². The largest absolute Gasteiger partial charge is 0.475 e. The van der Waals surface area contributed by atoms with Crippen LogP contribution in [0.1, 0.15) is 19.8 Å². The zero-order valence-corrected chi connectivity index (χ0v) is 17.3. The van der Waals surface area contributed by atoms with Gasteiger partial charge in [-0.2, -0.15) is 0 Å². The smallest absolute Gasteiger partial charge is 0.258 e. The molecule has 1 aromatic heterocycles. The van der Waals surface area contributed by atoms with E-state index in [9.17, 15) is 9.18 Å². The van der Waals surface area contributed by atoms with Gasteiger partial charge in [0.25, 0.3) is 5.88 Å². The molecule has 1 aliphatic heterocycles. The fourth-order valence-corrected chi connectivity index (χ4v) is 3.80. The maximum atomic E-state index is 13.4. The van der Waals surface area contributed by atoms with Gasteiger partial charge in [0.15, 0.2) is 5.82 Å². The van der Waals surface area contributed by atoms with Crippen LogP contribution in [0.2, 0.25) is 5.02 Å². The van der Waals surface area contributed by atoms with E-state index >= 15 is 0 Å². The lowest BCUT2D eigenvalue weighted by Crippen LogP contribution is -2.41. The number of hydrogen-bond donors (Lipinski definition) is 1. The van der Waals surface area contributed by atoms with Gasteiger partial charge in [0.2, 0.25) is 5.91 Å². The molecule has 0 spiro atoms. The molecule has 3 aromatic rings. The number of anilines is 2. The molecule has 2 aromatic carbocycles. The Morgan fingerprint density at radius 3 is 2.77 bits per heavy atom. The number of fused-ring (bicyclic) bond motifs is 1. The fraction of sp³-hybridized carbons (Fsp3) is 0.318. The molecule has 0 saturated carbocycles. The first kappa shape index (κ1) is 20.3. The summed E-state index contributed by atoms with van der Waals surface area (Å²) in [5.41, 5.74) is 2.02. The molecule has 1 unspecified atom stereocenters. The molecular formula is C22H22ClFN4O2. The van der Waals surface area contributed by atoms with Crippen molar-refractivity contribution in [2.24, 2.45) is 5.92 Å². The van der Waals surface area contributed by atoms with Gasteiger partial charge in [-0.05, 0) is 50.1 Å². The number of carbonyl (C=O) groups is 1. The van der Waals surface area contributed by atoms with Gasteiger partial charge in [0.05, 0.1) is 28.6 Å². The van der Waals surface area contributed by atoms with Crippen molar-refractivity contribution in [3.8, 4) is 5.88 Å². The molecule has 1 saturated heterocycles. The van der Waals surface area contributed by atoms with E-state index in [-0.39, 0.29) is 16.8 Å². The average molecular weight is 429 g/mol. The Kier molecular flexibility index (Phi) is 5.99. The van der Waals surface area contributed by atoms with Crippen LogP contribution >= 0.6 is 11.6 Å². The number of aromatic nitrogens is 2. The Labute approximate surface area is 179 Å². The third-order valence-electron chi connectivity index (χ3n) is 5.08. The Bertz CT molecular complexity index is 1080. The van der Waals surface area contributed by atoms with Crippen molar-refractivity contribution in [2.75, 3.05) is 29.9 Å². The van der Waals surface area contributed by atoms with E-state index in [0.717, 1.165) is 30.4 Å². The molecule has 1 aliphatic rings. The molecule has 156 valence electrons. The van der Waals surface area contributed by atoms with Crippen LogP contribution in [-0.2, 0) is 4.79 Å². The molecule has 1 atom stereocenters. The molecule has 6 nitrogen and oxygen atoms in total. The van der Waals surface area contributed by atoms with E-state index in [1.165, 1.54) is 18.2 Å². The van der Waals surface area contributed by atoms with E-state index in [1.54, 1.807) is 0 Å². The van der Waals surface area contributed by atoms with Crippen LogP contribution in [-0.4, -0.2) is 35.6 Å². The number of carbonyl (C=O) groups excluding carboxylic acids is 1. The summed E-state index contributed by atoms with van der Waals surface area (Å²) in [6.07, 6.45) is 1.59. The van der Waals surface area contributed by atoms with Gasteiger partial charge in [-0.15, -0.1) is 0 Å². The first-order valence-corrected chi connectivity index (χ1v) is 10.3. The summed E-state index contributed by atoms with van der Waals surface area (Å²) in [6, 6.07) is 11.8. The third kappa shape index (κ3) is 4.31. The summed E-state index contributed by atoms with van der Waals surface area (Å²) in [5, 5.41) is 2.81. The van der Waals surface area contributed by atoms with Crippen LogP contribution in [0, 0.1) is 11.7 Å². The van der Waals surface area contributed by atoms with E-state index < -0.39 is 5.82 Å². The second kappa shape index (κ2) is 8.83. The van der Waals surface area contributed by atoms with Crippen molar-refractivity contribution >= 4 is 40.0 Å². The number of benzene rings is 2. The molecule has 4 rings (SSSR count). The van der Waals surface area contributed by atoms with Crippen LogP contribution in [0.3, 0.4) is 0 Å². The number of hydrogen-bond acceptors (Lipinski definition) is 5. The first-order chi connectivity index (χ1) is 14.5. The van der Waals surface area contributed by atoms with Crippen LogP contribution in [0.25, 0.3) is 11.0 Å². The molecule has 8 heteroatoms. The third-order valence-corrected chi connectivity index (χ3v) is 5.37. The highest BCUT2D eigenvalue weighted by molar-refractivity contribution is 6.31. The van der Waals surface area contributed by atoms with Crippen molar-refractivity contribution in [1.29, 1.82) is 0 Å². The van der Waals surface area contributed by atoms with E-state index in [4.69, 9.17) is 21.3 Å². The zero-order valence-electron chi connectivity index (χ0n) is 16.6. The molecule has 0 radical (unpaired) electrons. The molecule has 0 bridgehead atoms. The van der Waals surface area contributed by atoms with Gasteiger partial charge in [-0.25, -0.2) is 14.4 Å². The predicted octanol–water partition coefficient (Wildman–Crippen LogP) is 4.68. The summed E-state index contributed by atoms with van der Waals surface area (Å²) in [4.78, 5) is 24.3. The molecule has 0 aliphatic carbocycles. The number of amides is 1. The van der Waals surface area contributed by atoms with Crippen LogP contribution in [0.15, 0.2) is 42.5 Å². The molecular weight excluding hydrogens is 407 g/mol. The van der Waals surface area contributed by atoms with Crippen molar-refractivity contribution in [3.05, 3.63) is 53.3 Å². The minimum absolute atomic E-state index is 0.0223. The highest BCUT2D eigenvalue weighted by Gasteiger charge is 2.29. The number of piperidine rings is 1. The topological polar surface area (TPSA) is 67.4 Å². The Hall–Kier alpha value is -2.93. The van der Waals surface area contributed by atoms with Gasteiger partial charge in [0.1, 0.15) is 5.82 Å². The van der Waals surface area contributed by atoms with Crippen molar-refractivity contribution in [1.82, 2.24) is 9.97 Å². The number of ether oxygens (including phenoxy) is 1. The minimum atomic E-state index is -0.517. The standard InChI is InChI=1S/C22H22ClFN4O2/c1-2-30-22-20(26-18-7-3-4-8-19(18)27-22)28-11-5-6-14(13-28)21(29)25-15-9-10-17(24)16(23)12-15/h3-4,7-10,12,14H,2,5-6,11,13H2,1H3,(H,25,29). The van der Waals surface area contributed by atoms with Crippen LogP contribution in [0.4, 0.5) is 15.9 Å². The number of nitrogens with zero attached hydrogens (tertiary/aromatic N) is 3. The lowest BCUT2D eigenvalue weighted by molar-refractivity contribution is -0.120. The fourth-order valence-electron chi connectivity index (χ4n) is 3.62. The Morgan fingerprint density at radius 1 is 1.27 bits per heavy atom. The highest BCUT2D eigenvalue weighted by Crippen LogP contribution is 2.31. The van der Waals surface area contributed by atoms with Gasteiger partial charge < -0.3 is 15.0 Å². The second-order valence-corrected chi connectivity index (χ2v) is 7.58. The van der Waals surface area contributed by atoms with Gasteiger partial charge in [0, 0.05) is 18.8 Å².